The SMILES string of the molecule is Cc1nc(C(=O)N2CCOC(c3ccccc3)C2)ccc1C(=O)O. The van der Waals surface area contributed by atoms with Crippen LogP contribution in [0.5, 0.6) is 0 Å². The molecule has 1 aliphatic rings. The number of pyridine rings is 1. The summed E-state index contributed by atoms with van der Waals surface area (Å²) in [4.78, 5) is 29.6. The largest absolute Gasteiger partial charge is 0.478 e. The van der Waals surface area contributed by atoms with E-state index in [1.165, 1.54) is 12.1 Å². The van der Waals surface area contributed by atoms with Gasteiger partial charge in [0.05, 0.1) is 24.4 Å². The van der Waals surface area contributed by atoms with E-state index in [1.807, 2.05) is 30.3 Å². The number of aromatic carboxylic acids is 1. The molecule has 1 unspecified atom stereocenters. The summed E-state index contributed by atoms with van der Waals surface area (Å²) in [6, 6.07) is 12.7. The molecular weight excluding hydrogens is 308 g/mol. The molecule has 1 aromatic heterocycles. The molecule has 0 spiro atoms. The number of carbonyl (C=O) groups excluding carboxylic acids is 1. The smallest absolute Gasteiger partial charge is 0.337 e. The third kappa shape index (κ3) is 3.28. The highest BCUT2D eigenvalue weighted by Crippen LogP contribution is 2.23. The number of carbonyl (C=O) groups is 2. The van der Waals surface area contributed by atoms with Crippen LogP contribution >= 0.6 is 0 Å². The van der Waals surface area contributed by atoms with Gasteiger partial charge in [0.15, 0.2) is 0 Å². The Balaban J connectivity index is 1.77. The van der Waals surface area contributed by atoms with Gasteiger partial charge in [-0.05, 0) is 24.6 Å². The zero-order valence-electron chi connectivity index (χ0n) is 13.3. The van der Waals surface area contributed by atoms with Crippen LogP contribution < -0.4 is 0 Å². The fraction of sp³-hybridized carbons (Fsp3) is 0.278. The lowest BCUT2D eigenvalue weighted by molar-refractivity contribution is -0.0230. The lowest BCUT2D eigenvalue weighted by Gasteiger charge is -2.33. The molecular formula is C18H18N2O4. The second-order valence-corrected chi connectivity index (χ2v) is 5.66. The van der Waals surface area contributed by atoms with E-state index < -0.39 is 5.97 Å². The number of benzene rings is 1. The van der Waals surface area contributed by atoms with E-state index in [9.17, 15) is 9.59 Å². The highest BCUT2D eigenvalue weighted by atomic mass is 16.5. The van der Waals surface area contributed by atoms with Crippen LogP contribution in [-0.4, -0.2) is 46.6 Å². The maximum Gasteiger partial charge on any atom is 0.337 e. The van der Waals surface area contributed by atoms with E-state index in [2.05, 4.69) is 4.98 Å². The van der Waals surface area contributed by atoms with Gasteiger partial charge >= 0.3 is 5.97 Å². The summed E-state index contributed by atoms with van der Waals surface area (Å²) < 4.78 is 5.76. The maximum atomic E-state index is 12.7. The minimum Gasteiger partial charge on any atom is -0.478 e. The van der Waals surface area contributed by atoms with Crippen molar-refractivity contribution in [3.63, 3.8) is 0 Å². The Morgan fingerprint density at radius 2 is 1.96 bits per heavy atom. The first-order chi connectivity index (χ1) is 11.6. The van der Waals surface area contributed by atoms with Crippen LogP contribution in [-0.2, 0) is 4.74 Å². The van der Waals surface area contributed by atoms with Crippen LogP contribution in [0.4, 0.5) is 0 Å². The number of hydrogen-bond acceptors (Lipinski definition) is 4. The number of ether oxygens (including phenoxy) is 1. The van der Waals surface area contributed by atoms with Crippen LogP contribution in [0.25, 0.3) is 0 Å². The molecule has 1 saturated heterocycles. The summed E-state index contributed by atoms with van der Waals surface area (Å²) in [5.41, 5.74) is 1.73. The number of amides is 1. The highest BCUT2D eigenvalue weighted by Gasteiger charge is 2.27. The van der Waals surface area contributed by atoms with Crippen molar-refractivity contribution in [2.45, 2.75) is 13.0 Å². The molecule has 1 fully saturated rings. The van der Waals surface area contributed by atoms with Crippen molar-refractivity contribution in [1.29, 1.82) is 0 Å². The molecule has 1 aromatic carbocycles. The molecule has 1 N–H and O–H groups in total. The first-order valence-electron chi connectivity index (χ1n) is 7.73. The number of carboxylic acid groups (broad SMARTS) is 1. The first kappa shape index (κ1) is 16.1. The zero-order chi connectivity index (χ0) is 17.1. The van der Waals surface area contributed by atoms with Crippen molar-refractivity contribution in [2.75, 3.05) is 19.7 Å². The van der Waals surface area contributed by atoms with Crippen molar-refractivity contribution in [3.05, 3.63) is 65.0 Å². The summed E-state index contributed by atoms with van der Waals surface area (Å²) in [6.45, 7) is 2.98. The molecule has 0 radical (unpaired) electrons. The van der Waals surface area contributed by atoms with Gasteiger partial charge in [-0.2, -0.15) is 0 Å². The number of rotatable bonds is 3. The van der Waals surface area contributed by atoms with E-state index >= 15 is 0 Å². The fourth-order valence-electron chi connectivity index (χ4n) is 2.77. The second kappa shape index (κ2) is 6.80. The number of nitrogens with zero attached hydrogens (tertiary/aromatic N) is 2. The summed E-state index contributed by atoms with van der Waals surface area (Å²) in [7, 11) is 0. The van der Waals surface area contributed by atoms with Crippen LogP contribution in [0.3, 0.4) is 0 Å². The molecule has 1 amide bonds. The summed E-state index contributed by atoms with van der Waals surface area (Å²) in [5.74, 6) is -1.26. The summed E-state index contributed by atoms with van der Waals surface area (Å²) in [6.07, 6.45) is -0.164. The second-order valence-electron chi connectivity index (χ2n) is 5.66. The molecule has 6 nitrogen and oxygen atoms in total. The van der Waals surface area contributed by atoms with E-state index in [1.54, 1.807) is 11.8 Å². The number of aromatic nitrogens is 1. The molecule has 1 aliphatic heterocycles. The van der Waals surface area contributed by atoms with E-state index in [0.29, 0.717) is 25.4 Å². The van der Waals surface area contributed by atoms with Crippen LogP contribution in [0, 0.1) is 6.92 Å². The third-order valence-electron chi connectivity index (χ3n) is 4.06. The maximum absolute atomic E-state index is 12.7. The van der Waals surface area contributed by atoms with Gasteiger partial charge in [0.1, 0.15) is 11.8 Å². The summed E-state index contributed by atoms with van der Waals surface area (Å²) >= 11 is 0. The van der Waals surface area contributed by atoms with Gasteiger partial charge in [0.2, 0.25) is 0 Å². The normalized spacial score (nSPS) is 17.5. The minimum absolute atomic E-state index is 0.107. The number of carboxylic acids is 1. The van der Waals surface area contributed by atoms with Gasteiger partial charge in [-0.25, -0.2) is 9.78 Å². The molecule has 24 heavy (non-hydrogen) atoms. The molecule has 1 atom stereocenters. The van der Waals surface area contributed by atoms with E-state index in [4.69, 9.17) is 9.84 Å². The predicted molar refractivity (Wildman–Crippen MR) is 87.0 cm³/mol. The van der Waals surface area contributed by atoms with Crippen LogP contribution in [0.2, 0.25) is 0 Å². The monoisotopic (exact) mass is 326 g/mol. The minimum atomic E-state index is -1.05. The van der Waals surface area contributed by atoms with Crippen LogP contribution in [0.1, 0.15) is 38.2 Å². The van der Waals surface area contributed by atoms with Gasteiger partial charge in [0, 0.05) is 6.54 Å². The average Bonchev–Trinajstić information content (AvgIpc) is 2.61. The van der Waals surface area contributed by atoms with E-state index in [0.717, 1.165) is 5.56 Å². The zero-order valence-corrected chi connectivity index (χ0v) is 13.3. The van der Waals surface area contributed by atoms with Gasteiger partial charge in [-0.3, -0.25) is 4.79 Å². The standard InChI is InChI=1S/C18H18N2O4/c1-12-14(18(22)23)7-8-15(19-12)17(21)20-9-10-24-16(11-20)13-5-3-2-4-6-13/h2-8,16H,9-11H2,1H3,(H,22,23). The van der Waals surface area contributed by atoms with Crippen molar-refractivity contribution >= 4 is 11.9 Å². The molecule has 0 bridgehead atoms. The Bertz CT molecular complexity index is 761. The highest BCUT2D eigenvalue weighted by molar-refractivity contribution is 5.94. The fourth-order valence-corrected chi connectivity index (χ4v) is 2.77. The van der Waals surface area contributed by atoms with Gasteiger partial charge in [-0.1, -0.05) is 30.3 Å². The summed E-state index contributed by atoms with van der Waals surface area (Å²) in [5, 5.41) is 9.05. The first-order valence-corrected chi connectivity index (χ1v) is 7.73. The Hall–Kier alpha value is -2.73. The van der Waals surface area contributed by atoms with E-state index in [-0.39, 0.29) is 23.3 Å². The van der Waals surface area contributed by atoms with Crippen molar-refractivity contribution in [1.82, 2.24) is 9.88 Å². The Morgan fingerprint density at radius 1 is 1.21 bits per heavy atom. The van der Waals surface area contributed by atoms with Gasteiger partial charge < -0.3 is 14.7 Å². The lowest BCUT2D eigenvalue weighted by atomic mass is 10.1. The quantitative estimate of drug-likeness (QED) is 0.936. The molecule has 3 rings (SSSR count). The molecule has 124 valence electrons. The average molecular weight is 326 g/mol. The number of hydrogen-bond donors (Lipinski definition) is 1. The predicted octanol–water partition coefficient (Wildman–Crippen LogP) is 2.30. The van der Waals surface area contributed by atoms with Crippen molar-refractivity contribution < 1.29 is 19.4 Å². The Kier molecular flexibility index (Phi) is 4.57. The van der Waals surface area contributed by atoms with Gasteiger partial charge in [-0.15, -0.1) is 0 Å². The topological polar surface area (TPSA) is 79.7 Å². The molecule has 6 heteroatoms. The molecule has 2 heterocycles. The van der Waals surface area contributed by atoms with Gasteiger partial charge in [0.25, 0.3) is 5.91 Å². The molecule has 0 aliphatic carbocycles. The lowest BCUT2D eigenvalue weighted by Crippen LogP contribution is -2.42. The van der Waals surface area contributed by atoms with Crippen molar-refractivity contribution in [3.8, 4) is 0 Å². The van der Waals surface area contributed by atoms with Crippen molar-refractivity contribution in [2.24, 2.45) is 0 Å². The van der Waals surface area contributed by atoms with Crippen LogP contribution in [0.15, 0.2) is 42.5 Å². The molecule has 2 aromatic rings. The number of morpholine rings is 1. The number of aryl methyl sites for hydroxylation is 1. The Morgan fingerprint density at radius 3 is 2.62 bits per heavy atom. The third-order valence-corrected chi connectivity index (χ3v) is 4.06. The molecule has 0 saturated carbocycles. The Labute approximate surface area is 139 Å².